The first kappa shape index (κ1) is 26.5. The molecule has 0 aromatic heterocycles. The molecule has 1 aromatic carbocycles. The van der Waals surface area contributed by atoms with E-state index in [9.17, 15) is 14.7 Å². The predicted molar refractivity (Wildman–Crippen MR) is 132 cm³/mol. The molecule has 0 bridgehead atoms. The number of aliphatic hydroxyl groups excluding tert-OH is 1. The van der Waals surface area contributed by atoms with Gasteiger partial charge in [0.15, 0.2) is 11.5 Å². The molecular weight excluding hydrogens is 432 g/mol. The number of amides is 1. The van der Waals surface area contributed by atoms with Crippen molar-refractivity contribution in [2.24, 2.45) is 0 Å². The minimum absolute atomic E-state index is 0.0280. The fourth-order valence-electron chi connectivity index (χ4n) is 4.68. The lowest BCUT2D eigenvalue weighted by molar-refractivity contribution is -0.123. The first-order chi connectivity index (χ1) is 16.6. The summed E-state index contributed by atoms with van der Waals surface area (Å²) in [5, 5.41) is 14.3. The number of hydrogen-bond acceptors (Lipinski definition) is 6. The van der Waals surface area contributed by atoms with Gasteiger partial charge in [-0.05, 0) is 62.9 Å². The van der Waals surface area contributed by atoms with E-state index in [1.54, 1.807) is 0 Å². The van der Waals surface area contributed by atoms with Crippen LogP contribution in [0.3, 0.4) is 0 Å². The maximum absolute atomic E-state index is 12.7. The average Bonchev–Trinajstić information content (AvgIpc) is 3.37. The lowest BCUT2D eigenvalue weighted by Crippen LogP contribution is -2.46. The van der Waals surface area contributed by atoms with E-state index >= 15 is 0 Å². The summed E-state index contributed by atoms with van der Waals surface area (Å²) < 4.78 is 11.3. The fourth-order valence-corrected chi connectivity index (χ4v) is 4.68. The van der Waals surface area contributed by atoms with Crippen LogP contribution in [0.1, 0.15) is 89.2 Å². The van der Waals surface area contributed by atoms with Crippen molar-refractivity contribution in [3.63, 3.8) is 0 Å². The van der Waals surface area contributed by atoms with Gasteiger partial charge >= 0.3 is 0 Å². The van der Waals surface area contributed by atoms with E-state index in [0.29, 0.717) is 56.3 Å². The minimum Gasteiger partial charge on any atom is -0.486 e. The Morgan fingerprint density at radius 2 is 1.65 bits per heavy atom. The molecule has 190 valence electrons. The number of likely N-dealkylation sites (tertiary alicyclic amines) is 1. The van der Waals surface area contributed by atoms with E-state index < -0.39 is 6.10 Å². The van der Waals surface area contributed by atoms with Gasteiger partial charge in [0.05, 0.1) is 6.04 Å². The molecule has 1 amide bonds. The molecule has 1 aromatic rings. The van der Waals surface area contributed by atoms with Crippen LogP contribution in [0.5, 0.6) is 11.5 Å². The van der Waals surface area contributed by atoms with E-state index in [2.05, 4.69) is 17.1 Å². The van der Waals surface area contributed by atoms with Crippen molar-refractivity contribution < 1.29 is 24.2 Å². The number of ketones is 1. The van der Waals surface area contributed by atoms with Crippen LogP contribution >= 0.6 is 0 Å². The zero-order valence-electron chi connectivity index (χ0n) is 20.7. The number of hydrogen-bond donors (Lipinski definition) is 2. The van der Waals surface area contributed by atoms with Crippen LogP contribution in [0, 0.1) is 0 Å². The van der Waals surface area contributed by atoms with Crippen LogP contribution in [0.2, 0.25) is 0 Å². The van der Waals surface area contributed by atoms with Crippen molar-refractivity contribution in [3.8, 4) is 11.5 Å². The predicted octanol–water partition coefficient (Wildman–Crippen LogP) is 4.17. The smallest absolute Gasteiger partial charge is 0.220 e. The van der Waals surface area contributed by atoms with E-state index in [4.69, 9.17) is 9.47 Å². The van der Waals surface area contributed by atoms with Gasteiger partial charge in [-0.2, -0.15) is 0 Å². The van der Waals surface area contributed by atoms with Crippen molar-refractivity contribution in [3.05, 3.63) is 23.8 Å². The van der Waals surface area contributed by atoms with E-state index in [-0.39, 0.29) is 11.9 Å². The van der Waals surface area contributed by atoms with Crippen LogP contribution in [0.4, 0.5) is 0 Å². The number of aliphatic hydroxyl groups is 1. The fraction of sp³-hybridized carbons (Fsp3) is 0.704. The molecule has 2 aliphatic rings. The van der Waals surface area contributed by atoms with Gasteiger partial charge in [0.1, 0.15) is 25.1 Å². The molecule has 7 heteroatoms. The second-order valence-corrected chi connectivity index (χ2v) is 9.59. The molecule has 0 unspecified atom stereocenters. The third kappa shape index (κ3) is 8.58. The largest absolute Gasteiger partial charge is 0.486 e. The van der Waals surface area contributed by atoms with Crippen molar-refractivity contribution in [1.82, 2.24) is 10.2 Å². The molecule has 3 rings (SSSR count). The lowest BCUT2D eigenvalue weighted by atomic mass is 10.0. The lowest BCUT2D eigenvalue weighted by Gasteiger charge is -2.29. The molecule has 2 atom stereocenters. The highest BCUT2D eigenvalue weighted by Crippen LogP contribution is 2.33. The van der Waals surface area contributed by atoms with Crippen LogP contribution in [0.25, 0.3) is 0 Å². The Labute approximate surface area is 204 Å². The monoisotopic (exact) mass is 474 g/mol. The van der Waals surface area contributed by atoms with E-state index in [0.717, 1.165) is 70.0 Å². The van der Waals surface area contributed by atoms with Crippen molar-refractivity contribution >= 4 is 11.7 Å². The number of carbonyl (C=O) groups excluding carboxylic acids is 2. The number of ether oxygens (including phenoxy) is 2. The number of fused-ring (bicyclic) bond motifs is 1. The number of benzene rings is 1. The molecule has 0 saturated carbocycles. The number of carbonyl (C=O) groups is 2. The van der Waals surface area contributed by atoms with Gasteiger partial charge in [-0.15, -0.1) is 0 Å². The minimum atomic E-state index is -0.825. The number of unbranched alkanes of at least 4 members (excludes halogenated alkanes) is 4. The van der Waals surface area contributed by atoms with Crippen LogP contribution in [-0.4, -0.2) is 60.6 Å². The Kier molecular flexibility index (Phi) is 11.2. The van der Waals surface area contributed by atoms with Gasteiger partial charge < -0.3 is 24.8 Å². The summed E-state index contributed by atoms with van der Waals surface area (Å²) in [6, 6.07) is 5.12. The zero-order chi connectivity index (χ0) is 24.2. The first-order valence-electron chi connectivity index (χ1n) is 13.2. The standard InChI is InChI=1S/C27H42N2O5/c1-2-3-10-22(30)11-6-4-5-7-12-26(31)28-23(20-29-15-8-9-16-29)27(32)21-13-14-24-25(19-21)34-18-17-33-24/h13-14,19,23,27,32H,2-12,15-18,20H2,1H3,(H,28,31)/t23-,27+/m1/s1. The summed E-state index contributed by atoms with van der Waals surface area (Å²) in [6.45, 7) is 5.74. The van der Waals surface area contributed by atoms with Crippen molar-refractivity contribution in [1.29, 1.82) is 0 Å². The third-order valence-electron chi connectivity index (χ3n) is 6.71. The SMILES string of the molecule is CCCCC(=O)CCCCCCC(=O)N[C@H](CN1CCCC1)[C@@H](O)c1ccc2c(c1)OCCO2. The molecule has 34 heavy (non-hydrogen) atoms. The van der Waals surface area contributed by atoms with E-state index in [1.165, 1.54) is 0 Å². The molecule has 2 N–H and O–H groups in total. The number of rotatable bonds is 15. The second kappa shape index (κ2) is 14.3. The summed E-state index contributed by atoms with van der Waals surface area (Å²) in [6.07, 6.45) is 8.94. The van der Waals surface area contributed by atoms with Crippen molar-refractivity contribution in [2.45, 2.75) is 89.7 Å². The van der Waals surface area contributed by atoms with Gasteiger partial charge in [0, 0.05) is 25.8 Å². The summed E-state index contributed by atoms with van der Waals surface area (Å²) in [5.41, 5.74) is 0.724. The van der Waals surface area contributed by atoms with Crippen molar-refractivity contribution in [2.75, 3.05) is 32.8 Å². The Balaban J connectivity index is 1.47. The maximum Gasteiger partial charge on any atom is 0.220 e. The molecule has 0 spiro atoms. The number of nitrogens with zero attached hydrogens (tertiary/aromatic N) is 1. The highest BCUT2D eigenvalue weighted by atomic mass is 16.6. The zero-order valence-corrected chi connectivity index (χ0v) is 20.7. The Morgan fingerprint density at radius 3 is 2.38 bits per heavy atom. The molecule has 1 fully saturated rings. The normalized spacial score (nSPS) is 17.4. The van der Waals surface area contributed by atoms with Crippen LogP contribution < -0.4 is 14.8 Å². The van der Waals surface area contributed by atoms with E-state index in [1.807, 2.05) is 18.2 Å². The first-order valence-corrected chi connectivity index (χ1v) is 13.2. The average molecular weight is 475 g/mol. The molecule has 2 aliphatic heterocycles. The topological polar surface area (TPSA) is 88.1 Å². The number of nitrogens with one attached hydrogen (secondary N) is 1. The Bertz CT molecular complexity index is 778. The van der Waals surface area contributed by atoms with Gasteiger partial charge in [0.2, 0.25) is 5.91 Å². The highest BCUT2D eigenvalue weighted by Gasteiger charge is 2.27. The molecule has 1 saturated heterocycles. The molecule has 0 aliphatic carbocycles. The molecule has 2 heterocycles. The van der Waals surface area contributed by atoms with Gasteiger partial charge in [0.25, 0.3) is 0 Å². The molecule has 7 nitrogen and oxygen atoms in total. The number of Topliss-reactive ketones (excluding diaryl/α,β-unsaturated/α-hetero) is 1. The third-order valence-corrected chi connectivity index (χ3v) is 6.71. The summed E-state index contributed by atoms with van der Waals surface area (Å²) in [4.78, 5) is 26.8. The molecule has 0 radical (unpaired) electrons. The maximum atomic E-state index is 12.7. The quantitative estimate of drug-likeness (QED) is 0.371. The van der Waals surface area contributed by atoms with Gasteiger partial charge in [-0.25, -0.2) is 0 Å². The summed E-state index contributed by atoms with van der Waals surface area (Å²) in [7, 11) is 0. The summed E-state index contributed by atoms with van der Waals surface area (Å²) in [5.74, 6) is 1.66. The van der Waals surface area contributed by atoms with Crippen LogP contribution in [-0.2, 0) is 9.59 Å². The molecular formula is C27H42N2O5. The van der Waals surface area contributed by atoms with Gasteiger partial charge in [-0.3, -0.25) is 9.59 Å². The van der Waals surface area contributed by atoms with Gasteiger partial charge in [-0.1, -0.05) is 32.3 Å². The van der Waals surface area contributed by atoms with Crippen LogP contribution in [0.15, 0.2) is 18.2 Å². The Hall–Kier alpha value is -2.12. The summed E-state index contributed by atoms with van der Waals surface area (Å²) >= 11 is 0. The second-order valence-electron chi connectivity index (χ2n) is 9.59. The Morgan fingerprint density at radius 1 is 0.971 bits per heavy atom. The highest BCUT2D eigenvalue weighted by molar-refractivity contribution is 5.78.